The monoisotopic (exact) mass is 308 g/mol. The van der Waals surface area contributed by atoms with Gasteiger partial charge in [-0.3, -0.25) is 4.79 Å². The fourth-order valence-corrected chi connectivity index (χ4v) is 2.75. The summed E-state index contributed by atoms with van der Waals surface area (Å²) in [6, 6.07) is 13.5. The van der Waals surface area contributed by atoms with Crippen molar-refractivity contribution in [2.75, 3.05) is 5.32 Å². The normalized spacial score (nSPS) is 10.7. The van der Waals surface area contributed by atoms with E-state index in [9.17, 15) is 4.79 Å². The van der Waals surface area contributed by atoms with Crippen molar-refractivity contribution in [1.29, 1.82) is 0 Å². The number of furan rings is 1. The van der Waals surface area contributed by atoms with Gasteiger partial charge >= 0.3 is 0 Å². The Kier molecular flexibility index (Phi) is 4.06. The second-order valence-electron chi connectivity index (χ2n) is 5.77. The highest BCUT2D eigenvalue weighted by Gasteiger charge is 2.16. The maximum atomic E-state index is 12.6. The SMILES string of the molecule is Cc1cccc(NC(=O)c2cc(C)n(Cc3ccco3)c2C)c1. The Hall–Kier alpha value is -2.75. The lowest BCUT2D eigenvalue weighted by Gasteiger charge is -2.09. The zero-order valence-corrected chi connectivity index (χ0v) is 13.6. The van der Waals surface area contributed by atoms with Crippen molar-refractivity contribution >= 4 is 11.6 Å². The Balaban J connectivity index is 1.84. The van der Waals surface area contributed by atoms with E-state index in [-0.39, 0.29) is 5.91 Å². The van der Waals surface area contributed by atoms with Crippen LogP contribution in [0.2, 0.25) is 0 Å². The summed E-state index contributed by atoms with van der Waals surface area (Å²) in [5.41, 5.74) is 4.59. The molecule has 1 aromatic carbocycles. The van der Waals surface area contributed by atoms with Gasteiger partial charge in [-0.1, -0.05) is 12.1 Å². The number of nitrogens with zero attached hydrogens (tertiary/aromatic N) is 1. The molecule has 118 valence electrons. The van der Waals surface area contributed by atoms with Crippen LogP contribution in [0.3, 0.4) is 0 Å². The average molecular weight is 308 g/mol. The minimum absolute atomic E-state index is 0.0885. The highest BCUT2D eigenvalue weighted by atomic mass is 16.3. The molecule has 2 aromatic heterocycles. The fraction of sp³-hybridized carbons (Fsp3) is 0.211. The Bertz CT molecular complexity index is 829. The lowest BCUT2D eigenvalue weighted by atomic mass is 10.2. The van der Waals surface area contributed by atoms with E-state index in [1.165, 1.54) is 0 Å². The van der Waals surface area contributed by atoms with Crippen LogP contribution in [0.4, 0.5) is 5.69 Å². The van der Waals surface area contributed by atoms with Gasteiger partial charge in [-0.25, -0.2) is 0 Å². The Labute approximate surface area is 135 Å². The maximum absolute atomic E-state index is 12.6. The number of carbonyl (C=O) groups excluding carboxylic acids is 1. The molecule has 0 bridgehead atoms. The van der Waals surface area contributed by atoms with Crippen LogP contribution in [0.25, 0.3) is 0 Å². The summed E-state index contributed by atoms with van der Waals surface area (Å²) in [5, 5.41) is 2.96. The van der Waals surface area contributed by atoms with Crippen molar-refractivity contribution in [1.82, 2.24) is 4.57 Å². The van der Waals surface area contributed by atoms with Gasteiger partial charge in [0.05, 0.1) is 18.4 Å². The molecule has 0 atom stereocenters. The molecule has 0 aliphatic rings. The molecule has 1 N–H and O–H groups in total. The lowest BCUT2D eigenvalue weighted by Crippen LogP contribution is -2.13. The summed E-state index contributed by atoms with van der Waals surface area (Å²) >= 11 is 0. The number of nitrogens with one attached hydrogen (secondary N) is 1. The second-order valence-corrected chi connectivity index (χ2v) is 5.77. The molecule has 2 heterocycles. The molecular weight excluding hydrogens is 288 g/mol. The largest absolute Gasteiger partial charge is 0.467 e. The number of rotatable bonds is 4. The molecule has 23 heavy (non-hydrogen) atoms. The summed E-state index contributed by atoms with van der Waals surface area (Å²) < 4.78 is 7.49. The number of benzene rings is 1. The van der Waals surface area contributed by atoms with E-state index in [2.05, 4.69) is 9.88 Å². The van der Waals surface area contributed by atoms with Gasteiger partial charge in [-0.05, 0) is 56.7 Å². The lowest BCUT2D eigenvalue weighted by molar-refractivity contribution is 0.102. The summed E-state index contributed by atoms with van der Waals surface area (Å²) in [4.78, 5) is 12.6. The van der Waals surface area contributed by atoms with Crippen LogP contribution < -0.4 is 5.32 Å². The highest BCUT2D eigenvalue weighted by molar-refractivity contribution is 6.05. The Morgan fingerprint density at radius 3 is 2.65 bits per heavy atom. The van der Waals surface area contributed by atoms with E-state index in [0.29, 0.717) is 12.1 Å². The number of carbonyl (C=O) groups is 1. The van der Waals surface area contributed by atoms with Gasteiger partial charge in [-0.15, -0.1) is 0 Å². The number of aryl methyl sites for hydroxylation is 2. The first-order chi connectivity index (χ1) is 11.0. The smallest absolute Gasteiger partial charge is 0.257 e. The van der Waals surface area contributed by atoms with Crippen LogP contribution in [-0.4, -0.2) is 10.5 Å². The van der Waals surface area contributed by atoms with Crippen LogP contribution in [0.15, 0.2) is 53.1 Å². The minimum atomic E-state index is -0.0885. The molecule has 0 saturated heterocycles. The molecule has 3 rings (SSSR count). The van der Waals surface area contributed by atoms with Crippen molar-refractivity contribution < 1.29 is 9.21 Å². The predicted octanol–water partition coefficient (Wildman–Crippen LogP) is 4.31. The topological polar surface area (TPSA) is 47.2 Å². The van der Waals surface area contributed by atoms with Crippen molar-refractivity contribution in [3.8, 4) is 0 Å². The van der Waals surface area contributed by atoms with Crippen molar-refractivity contribution in [2.45, 2.75) is 27.3 Å². The third kappa shape index (κ3) is 3.21. The number of aromatic nitrogens is 1. The first kappa shape index (κ1) is 15.2. The quantitative estimate of drug-likeness (QED) is 0.781. The second kappa shape index (κ2) is 6.16. The molecule has 4 heteroatoms. The van der Waals surface area contributed by atoms with E-state index in [1.807, 2.05) is 63.2 Å². The Morgan fingerprint density at radius 2 is 1.96 bits per heavy atom. The van der Waals surface area contributed by atoms with Gasteiger partial charge in [0.2, 0.25) is 0 Å². The first-order valence-electron chi connectivity index (χ1n) is 7.62. The zero-order valence-electron chi connectivity index (χ0n) is 13.6. The maximum Gasteiger partial charge on any atom is 0.257 e. The number of anilines is 1. The van der Waals surface area contributed by atoms with Crippen LogP contribution in [0.5, 0.6) is 0 Å². The minimum Gasteiger partial charge on any atom is -0.467 e. The molecule has 0 spiro atoms. The molecule has 0 aliphatic heterocycles. The van der Waals surface area contributed by atoms with E-state index in [0.717, 1.165) is 28.4 Å². The van der Waals surface area contributed by atoms with Crippen molar-refractivity contribution in [3.05, 3.63) is 77.0 Å². The number of amides is 1. The third-order valence-electron chi connectivity index (χ3n) is 3.99. The van der Waals surface area contributed by atoms with E-state index >= 15 is 0 Å². The molecule has 0 fully saturated rings. The predicted molar refractivity (Wildman–Crippen MR) is 90.8 cm³/mol. The van der Waals surface area contributed by atoms with Gasteiger partial charge in [-0.2, -0.15) is 0 Å². The van der Waals surface area contributed by atoms with E-state index < -0.39 is 0 Å². The van der Waals surface area contributed by atoms with E-state index in [1.54, 1.807) is 6.26 Å². The molecular formula is C19H20N2O2. The number of hydrogen-bond acceptors (Lipinski definition) is 2. The van der Waals surface area contributed by atoms with Gasteiger partial charge in [0.1, 0.15) is 5.76 Å². The fourth-order valence-electron chi connectivity index (χ4n) is 2.75. The molecule has 0 unspecified atom stereocenters. The van der Waals surface area contributed by atoms with Gasteiger partial charge in [0.25, 0.3) is 5.91 Å². The summed E-state index contributed by atoms with van der Waals surface area (Å²) in [7, 11) is 0. The van der Waals surface area contributed by atoms with Gasteiger partial charge in [0.15, 0.2) is 0 Å². The standard InChI is InChI=1S/C19H20N2O2/c1-13-6-4-7-16(10-13)20-19(22)18-11-14(2)21(15(18)3)12-17-8-5-9-23-17/h4-11H,12H2,1-3H3,(H,20,22). The third-order valence-corrected chi connectivity index (χ3v) is 3.99. The van der Waals surface area contributed by atoms with Crippen LogP contribution in [0.1, 0.15) is 33.1 Å². The highest BCUT2D eigenvalue weighted by Crippen LogP contribution is 2.19. The molecule has 0 aliphatic carbocycles. The molecule has 1 amide bonds. The van der Waals surface area contributed by atoms with Crippen LogP contribution >= 0.6 is 0 Å². The summed E-state index contributed by atoms with van der Waals surface area (Å²) in [5.74, 6) is 0.784. The molecule has 0 radical (unpaired) electrons. The average Bonchev–Trinajstić information content (AvgIpc) is 3.11. The molecule has 0 saturated carbocycles. The van der Waals surface area contributed by atoms with Crippen molar-refractivity contribution in [2.24, 2.45) is 0 Å². The summed E-state index contributed by atoms with van der Waals surface area (Å²) in [6.45, 7) is 6.59. The van der Waals surface area contributed by atoms with Crippen LogP contribution in [-0.2, 0) is 6.54 Å². The van der Waals surface area contributed by atoms with Crippen LogP contribution in [0, 0.1) is 20.8 Å². The first-order valence-corrected chi connectivity index (χ1v) is 7.62. The zero-order chi connectivity index (χ0) is 16.4. The van der Waals surface area contributed by atoms with Gasteiger partial charge in [0, 0.05) is 17.1 Å². The van der Waals surface area contributed by atoms with E-state index in [4.69, 9.17) is 4.42 Å². The number of hydrogen-bond donors (Lipinski definition) is 1. The Morgan fingerprint density at radius 1 is 1.13 bits per heavy atom. The van der Waals surface area contributed by atoms with Crippen molar-refractivity contribution in [3.63, 3.8) is 0 Å². The van der Waals surface area contributed by atoms with Gasteiger partial charge < -0.3 is 14.3 Å². The molecule has 3 aromatic rings. The summed E-state index contributed by atoms with van der Waals surface area (Å²) in [6.07, 6.45) is 1.66. The molecule has 4 nitrogen and oxygen atoms in total.